The highest BCUT2D eigenvalue weighted by Gasteiger charge is 2.72. The zero-order valence-electron chi connectivity index (χ0n) is 22.0. The number of ether oxygens (including phenoxy) is 1. The van der Waals surface area contributed by atoms with Crippen molar-refractivity contribution in [1.82, 2.24) is 4.90 Å². The second kappa shape index (κ2) is 9.99. The van der Waals surface area contributed by atoms with Crippen molar-refractivity contribution < 1.29 is 24.2 Å². The van der Waals surface area contributed by atoms with E-state index >= 15 is 0 Å². The summed E-state index contributed by atoms with van der Waals surface area (Å²) in [5.41, 5.74) is 3.50. The molecular formula is C31H32N2O5S. The molecule has 2 fully saturated rings. The van der Waals surface area contributed by atoms with Gasteiger partial charge < -0.3 is 19.6 Å². The molecule has 7 nitrogen and oxygen atoms in total. The second-order valence-electron chi connectivity index (χ2n) is 10.7. The number of carbonyl (C=O) groups excluding carboxylic acids is 3. The number of aliphatic hydroxyl groups is 1. The van der Waals surface area contributed by atoms with Crippen molar-refractivity contribution in [2.75, 3.05) is 24.7 Å². The van der Waals surface area contributed by atoms with Crippen LogP contribution in [0.4, 0.5) is 5.69 Å². The fourth-order valence-corrected chi connectivity index (χ4v) is 8.83. The lowest BCUT2D eigenvalue weighted by Gasteiger charge is -2.39. The first-order chi connectivity index (χ1) is 18.9. The van der Waals surface area contributed by atoms with Crippen LogP contribution in [-0.2, 0) is 19.1 Å². The molecule has 6 rings (SSSR count). The monoisotopic (exact) mass is 544 g/mol. The molecular weight excluding hydrogens is 512 g/mol. The van der Waals surface area contributed by atoms with Crippen LogP contribution in [0.3, 0.4) is 0 Å². The minimum Gasteiger partial charge on any atom is -0.465 e. The minimum absolute atomic E-state index is 0.207. The first-order valence-electron chi connectivity index (χ1n) is 13.4. The van der Waals surface area contributed by atoms with Crippen molar-refractivity contribution in [2.24, 2.45) is 11.8 Å². The van der Waals surface area contributed by atoms with E-state index in [1.54, 1.807) is 9.80 Å². The summed E-state index contributed by atoms with van der Waals surface area (Å²) in [6.45, 7) is 4.23. The Morgan fingerprint density at radius 1 is 1.03 bits per heavy atom. The molecule has 1 N–H and O–H groups in total. The fraction of sp³-hybridized carbons (Fsp3) is 0.387. The van der Waals surface area contributed by atoms with E-state index < -0.39 is 34.6 Å². The molecule has 4 aliphatic heterocycles. The lowest BCUT2D eigenvalue weighted by molar-refractivity contribution is -0.153. The number of aliphatic hydroxyl groups excluding tert-OH is 1. The van der Waals surface area contributed by atoms with Crippen molar-refractivity contribution in [2.45, 2.75) is 42.3 Å². The maximum atomic E-state index is 14.8. The van der Waals surface area contributed by atoms with Gasteiger partial charge in [0, 0.05) is 17.5 Å². The van der Waals surface area contributed by atoms with E-state index in [-0.39, 0.29) is 30.3 Å². The van der Waals surface area contributed by atoms with E-state index in [0.29, 0.717) is 13.0 Å². The van der Waals surface area contributed by atoms with Crippen molar-refractivity contribution >= 4 is 35.2 Å². The number of hydrogen-bond acceptors (Lipinski definition) is 6. The Bertz CT molecular complexity index is 1350. The maximum Gasteiger partial charge on any atom is 0.311 e. The summed E-state index contributed by atoms with van der Waals surface area (Å²) in [6.07, 6.45) is 8.57. The molecule has 2 saturated heterocycles. The first-order valence-corrected chi connectivity index (χ1v) is 14.3. The van der Waals surface area contributed by atoms with Gasteiger partial charge in [0.05, 0.1) is 35.8 Å². The van der Waals surface area contributed by atoms with Gasteiger partial charge in [-0.2, -0.15) is 0 Å². The van der Waals surface area contributed by atoms with Crippen LogP contribution in [0.2, 0.25) is 0 Å². The third-order valence-electron chi connectivity index (χ3n) is 8.46. The molecule has 6 atom stereocenters. The molecule has 202 valence electrons. The van der Waals surface area contributed by atoms with Gasteiger partial charge in [0.2, 0.25) is 5.91 Å². The molecule has 0 radical (unpaired) electrons. The number of anilines is 1. The standard InChI is InChI=1S/C31H32N2O5S/c1-19-10-8-11-20(2)26(19)32-16-9-15-31-25(24-23(39-31)14-6-7-17-38-30(24)37)28(35)33(27(31)29(32)36)22(18-34)21-12-4-3-5-13-21/h3-6,8-15,22-25,27,34H,7,16-18H2,1-2H3/t22-,23-,24+,25+,27?,31+/m1/s1. The molecule has 1 spiro atoms. The van der Waals surface area contributed by atoms with E-state index in [1.807, 2.05) is 86.7 Å². The van der Waals surface area contributed by atoms with Crippen LogP contribution in [0.25, 0.3) is 0 Å². The lowest BCUT2D eigenvalue weighted by atomic mass is 9.78. The zero-order chi connectivity index (χ0) is 27.3. The van der Waals surface area contributed by atoms with Crippen molar-refractivity contribution in [3.05, 3.63) is 89.5 Å². The number of thioether (sulfide) groups is 1. The lowest BCUT2D eigenvalue weighted by Crippen LogP contribution is -2.54. The van der Waals surface area contributed by atoms with E-state index in [1.165, 1.54) is 11.8 Å². The SMILES string of the molecule is Cc1cccc(C)c1N1CC=C[C@]23S[C@@H]4C=CCCOC(=O)[C@@H]4[C@H]2C(=O)N([C@H](CO)c2ccccc2)C3C1=O. The van der Waals surface area contributed by atoms with Crippen LogP contribution in [0.1, 0.15) is 29.2 Å². The number of amides is 2. The Labute approximate surface area is 232 Å². The van der Waals surface area contributed by atoms with Gasteiger partial charge in [0.1, 0.15) is 6.04 Å². The van der Waals surface area contributed by atoms with Crippen LogP contribution in [0.15, 0.2) is 72.8 Å². The number of benzene rings is 2. The third kappa shape index (κ3) is 3.95. The molecule has 8 heteroatoms. The van der Waals surface area contributed by atoms with Crippen molar-refractivity contribution in [3.63, 3.8) is 0 Å². The number of nitrogens with zero attached hydrogens (tertiary/aromatic N) is 2. The van der Waals surface area contributed by atoms with E-state index in [2.05, 4.69) is 0 Å². The zero-order valence-corrected chi connectivity index (χ0v) is 22.8. The summed E-state index contributed by atoms with van der Waals surface area (Å²) in [5.74, 6) is -2.41. The predicted octanol–water partition coefficient (Wildman–Crippen LogP) is 3.74. The summed E-state index contributed by atoms with van der Waals surface area (Å²) >= 11 is 1.51. The molecule has 0 saturated carbocycles. The van der Waals surface area contributed by atoms with Gasteiger partial charge in [-0.25, -0.2) is 0 Å². The topological polar surface area (TPSA) is 87.2 Å². The summed E-state index contributed by atoms with van der Waals surface area (Å²) in [7, 11) is 0. The number of para-hydroxylation sites is 1. The fourth-order valence-electron chi connectivity index (χ4n) is 6.84. The van der Waals surface area contributed by atoms with Crippen LogP contribution in [-0.4, -0.2) is 63.6 Å². The second-order valence-corrected chi connectivity index (χ2v) is 12.2. The number of hydrogen-bond donors (Lipinski definition) is 1. The molecule has 39 heavy (non-hydrogen) atoms. The number of esters is 1. The molecule has 0 aromatic heterocycles. The van der Waals surface area contributed by atoms with Gasteiger partial charge in [-0.05, 0) is 37.0 Å². The molecule has 2 amide bonds. The molecule has 0 aliphatic carbocycles. The number of cyclic esters (lactones) is 1. The molecule has 2 aromatic rings. The van der Waals surface area contributed by atoms with E-state index in [9.17, 15) is 19.5 Å². The highest BCUT2D eigenvalue weighted by Crippen LogP contribution is 2.62. The average Bonchev–Trinajstić information content (AvgIpc) is 3.30. The van der Waals surface area contributed by atoms with Crippen molar-refractivity contribution in [3.8, 4) is 0 Å². The summed E-state index contributed by atoms with van der Waals surface area (Å²) in [4.78, 5) is 46.0. The quantitative estimate of drug-likeness (QED) is 0.466. The van der Waals surface area contributed by atoms with Crippen molar-refractivity contribution in [1.29, 1.82) is 0 Å². The highest BCUT2D eigenvalue weighted by atomic mass is 32.2. The Balaban J connectivity index is 1.54. The normalized spacial score (nSPS) is 30.7. The Kier molecular flexibility index (Phi) is 6.63. The minimum atomic E-state index is -0.981. The van der Waals surface area contributed by atoms with Gasteiger partial charge in [0.25, 0.3) is 5.91 Å². The van der Waals surface area contributed by atoms with Crippen LogP contribution >= 0.6 is 11.8 Å². The summed E-state index contributed by atoms with van der Waals surface area (Å²) < 4.78 is 4.59. The molecule has 1 unspecified atom stereocenters. The average molecular weight is 545 g/mol. The predicted molar refractivity (Wildman–Crippen MR) is 150 cm³/mol. The molecule has 0 bridgehead atoms. The van der Waals surface area contributed by atoms with Gasteiger partial charge in [-0.15, -0.1) is 11.8 Å². The number of likely N-dealkylation sites (tertiary alicyclic amines) is 1. The summed E-state index contributed by atoms with van der Waals surface area (Å²) in [6, 6.07) is 13.6. The molecule has 4 aliphatic rings. The van der Waals surface area contributed by atoms with Crippen LogP contribution in [0.5, 0.6) is 0 Å². The maximum absolute atomic E-state index is 14.8. The molecule has 2 aromatic carbocycles. The van der Waals surface area contributed by atoms with Crippen LogP contribution < -0.4 is 4.90 Å². The Hall–Kier alpha value is -3.36. The van der Waals surface area contributed by atoms with Gasteiger partial charge >= 0.3 is 5.97 Å². The molecule has 4 heterocycles. The van der Waals surface area contributed by atoms with E-state index in [4.69, 9.17) is 4.74 Å². The Morgan fingerprint density at radius 3 is 2.49 bits per heavy atom. The van der Waals surface area contributed by atoms with Gasteiger partial charge in [-0.1, -0.05) is 72.8 Å². The van der Waals surface area contributed by atoms with E-state index in [0.717, 1.165) is 22.4 Å². The summed E-state index contributed by atoms with van der Waals surface area (Å²) in [5, 5.41) is 10.4. The largest absolute Gasteiger partial charge is 0.465 e. The van der Waals surface area contributed by atoms with Gasteiger partial charge in [0.15, 0.2) is 0 Å². The number of fused-ring (bicyclic) bond motifs is 2. The Morgan fingerprint density at radius 2 is 1.77 bits per heavy atom. The number of rotatable bonds is 4. The smallest absolute Gasteiger partial charge is 0.311 e. The number of carbonyl (C=O) groups is 3. The van der Waals surface area contributed by atoms with Crippen LogP contribution in [0, 0.1) is 25.7 Å². The third-order valence-corrected chi connectivity index (χ3v) is 10.2. The van der Waals surface area contributed by atoms with Gasteiger partial charge in [-0.3, -0.25) is 14.4 Å². The highest BCUT2D eigenvalue weighted by molar-refractivity contribution is 8.02. The number of aryl methyl sites for hydroxylation is 2. The first kappa shape index (κ1) is 25.9.